The second-order valence-electron chi connectivity index (χ2n) is 4.66. The predicted molar refractivity (Wildman–Crippen MR) is 87.6 cm³/mol. The highest BCUT2D eigenvalue weighted by molar-refractivity contribution is 6.02. The van der Waals surface area contributed by atoms with Crippen molar-refractivity contribution >= 4 is 12.0 Å². The van der Waals surface area contributed by atoms with Crippen LogP contribution in [0.2, 0.25) is 0 Å². The molecule has 4 nitrogen and oxygen atoms in total. The molecule has 4 heteroatoms. The van der Waals surface area contributed by atoms with Crippen molar-refractivity contribution in [2.75, 3.05) is 0 Å². The minimum absolute atomic E-state index is 0.0252. The van der Waals surface area contributed by atoms with E-state index >= 15 is 0 Å². The Morgan fingerprint density at radius 3 is 2.50 bits per heavy atom. The van der Waals surface area contributed by atoms with E-state index in [4.69, 9.17) is 5.26 Å². The van der Waals surface area contributed by atoms with Crippen molar-refractivity contribution in [1.82, 2.24) is 5.32 Å². The van der Waals surface area contributed by atoms with E-state index in [1.165, 1.54) is 18.2 Å². The van der Waals surface area contributed by atoms with E-state index < -0.39 is 5.91 Å². The van der Waals surface area contributed by atoms with Gasteiger partial charge in [-0.2, -0.15) is 5.26 Å². The van der Waals surface area contributed by atoms with Crippen LogP contribution in [0.1, 0.15) is 19.4 Å². The first-order valence-electron chi connectivity index (χ1n) is 6.68. The van der Waals surface area contributed by atoms with Crippen LogP contribution in [-0.4, -0.2) is 11.0 Å². The zero-order valence-corrected chi connectivity index (χ0v) is 12.6. The number of allylic oxidation sites excluding steroid dienone is 4. The van der Waals surface area contributed by atoms with Gasteiger partial charge >= 0.3 is 0 Å². The van der Waals surface area contributed by atoms with Crippen molar-refractivity contribution in [3.05, 3.63) is 71.5 Å². The summed E-state index contributed by atoms with van der Waals surface area (Å²) < 4.78 is 0. The van der Waals surface area contributed by atoms with Crippen LogP contribution in [-0.2, 0) is 4.79 Å². The highest BCUT2D eigenvalue weighted by atomic mass is 16.3. The number of rotatable bonds is 5. The zero-order chi connectivity index (χ0) is 16.5. The Labute approximate surface area is 130 Å². The summed E-state index contributed by atoms with van der Waals surface area (Å²) in [7, 11) is 0. The van der Waals surface area contributed by atoms with Gasteiger partial charge in [-0.3, -0.25) is 4.79 Å². The predicted octanol–water partition coefficient (Wildman–Crippen LogP) is 3.45. The van der Waals surface area contributed by atoms with Gasteiger partial charge in [-0.15, -0.1) is 0 Å². The number of benzene rings is 1. The smallest absolute Gasteiger partial charge is 0.266 e. The first kappa shape index (κ1) is 17.0. The molecule has 2 N–H and O–H groups in total. The molecule has 0 fully saturated rings. The summed E-state index contributed by atoms with van der Waals surface area (Å²) in [5.41, 5.74) is 1.98. The van der Waals surface area contributed by atoms with Crippen molar-refractivity contribution in [2.45, 2.75) is 13.8 Å². The molecule has 0 saturated heterocycles. The van der Waals surface area contributed by atoms with Crippen LogP contribution in [0.15, 0.2) is 65.9 Å². The molecule has 0 atom stereocenters. The maximum absolute atomic E-state index is 12.2. The number of carbonyl (C=O) groups is 1. The van der Waals surface area contributed by atoms with Crippen LogP contribution < -0.4 is 5.32 Å². The van der Waals surface area contributed by atoms with Crippen molar-refractivity contribution < 1.29 is 9.90 Å². The molecule has 0 aliphatic rings. The third kappa shape index (κ3) is 5.51. The number of hydrogen-bond donors (Lipinski definition) is 2. The largest absolute Gasteiger partial charge is 0.508 e. The highest BCUT2D eigenvalue weighted by Crippen LogP contribution is 2.13. The summed E-state index contributed by atoms with van der Waals surface area (Å²) in [5.74, 6) is -0.374. The fourth-order valence-corrected chi connectivity index (χ4v) is 1.66. The molecule has 22 heavy (non-hydrogen) atoms. The molecule has 0 radical (unpaired) electrons. The molecule has 0 heterocycles. The number of nitrogens with zero attached hydrogens (tertiary/aromatic N) is 1. The van der Waals surface area contributed by atoms with E-state index in [1.807, 2.05) is 19.9 Å². The summed E-state index contributed by atoms with van der Waals surface area (Å²) in [5, 5.41) is 21.1. The Balaban J connectivity index is 3.00. The fraction of sp³-hybridized carbons (Fsp3) is 0.111. The second-order valence-corrected chi connectivity index (χ2v) is 4.66. The lowest BCUT2D eigenvalue weighted by atomic mass is 10.1. The molecule has 112 valence electrons. The van der Waals surface area contributed by atoms with Crippen LogP contribution in [0, 0.1) is 11.3 Å². The van der Waals surface area contributed by atoms with Gasteiger partial charge < -0.3 is 10.4 Å². The van der Waals surface area contributed by atoms with Gasteiger partial charge in [0.05, 0.1) is 0 Å². The fourth-order valence-electron chi connectivity index (χ4n) is 1.66. The van der Waals surface area contributed by atoms with E-state index in [0.717, 1.165) is 5.57 Å². The molecule has 1 amide bonds. The number of nitrogens with one attached hydrogen (secondary N) is 1. The highest BCUT2D eigenvalue weighted by Gasteiger charge is 2.09. The lowest BCUT2D eigenvalue weighted by Crippen LogP contribution is -2.23. The van der Waals surface area contributed by atoms with Crippen LogP contribution in [0.4, 0.5) is 0 Å². The van der Waals surface area contributed by atoms with Crippen molar-refractivity contribution in [1.29, 1.82) is 5.26 Å². The van der Waals surface area contributed by atoms with Crippen LogP contribution in [0.3, 0.4) is 0 Å². The van der Waals surface area contributed by atoms with E-state index in [-0.39, 0.29) is 11.3 Å². The van der Waals surface area contributed by atoms with Gasteiger partial charge in [-0.1, -0.05) is 30.4 Å². The maximum Gasteiger partial charge on any atom is 0.266 e. The Kier molecular flexibility index (Phi) is 6.39. The Morgan fingerprint density at radius 1 is 1.36 bits per heavy atom. The molecule has 0 spiro atoms. The molecule has 1 aromatic rings. The molecule has 0 saturated carbocycles. The normalized spacial score (nSPS) is 12.0. The topological polar surface area (TPSA) is 73.1 Å². The first-order chi connectivity index (χ1) is 10.5. The van der Waals surface area contributed by atoms with E-state index in [9.17, 15) is 9.90 Å². The average molecular weight is 294 g/mol. The van der Waals surface area contributed by atoms with Crippen LogP contribution in [0.25, 0.3) is 6.08 Å². The van der Waals surface area contributed by atoms with Gasteiger partial charge in [-0.25, -0.2) is 0 Å². The Morgan fingerprint density at radius 2 is 2.00 bits per heavy atom. The van der Waals surface area contributed by atoms with Crippen molar-refractivity contribution in [3.63, 3.8) is 0 Å². The van der Waals surface area contributed by atoms with Gasteiger partial charge in [0.1, 0.15) is 17.4 Å². The van der Waals surface area contributed by atoms with Crippen LogP contribution in [0.5, 0.6) is 5.75 Å². The SMILES string of the molecule is C=C(C)/C=C(\C=CC)NC(=O)/C(C#N)=C/c1ccc(O)cc1. The van der Waals surface area contributed by atoms with Gasteiger partial charge in [0.2, 0.25) is 0 Å². The summed E-state index contributed by atoms with van der Waals surface area (Å²) in [6.07, 6.45) is 6.68. The molecule has 0 aliphatic heterocycles. The average Bonchev–Trinajstić information content (AvgIpc) is 2.46. The minimum Gasteiger partial charge on any atom is -0.508 e. The van der Waals surface area contributed by atoms with Gasteiger partial charge in [-0.05, 0) is 49.8 Å². The monoisotopic (exact) mass is 294 g/mol. The number of nitriles is 1. The van der Waals surface area contributed by atoms with Gasteiger partial charge in [0, 0.05) is 5.70 Å². The lowest BCUT2D eigenvalue weighted by Gasteiger charge is -2.05. The van der Waals surface area contributed by atoms with Crippen LogP contribution >= 0.6 is 0 Å². The molecule has 1 aromatic carbocycles. The number of amides is 1. The molecular formula is C18H18N2O2. The summed E-state index contributed by atoms with van der Waals surface area (Å²) >= 11 is 0. The summed E-state index contributed by atoms with van der Waals surface area (Å²) in [4.78, 5) is 12.2. The standard InChI is InChI=1S/C18H18N2O2/c1-4-5-16(10-13(2)3)20-18(22)15(12-19)11-14-6-8-17(21)9-7-14/h4-11,21H,2H2,1,3H3,(H,20,22)/b5-4?,15-11+,16-10+. The lowest BCUT2D eigenvalue weighted by molar-refractivity contribution is -0.116. The minimum atomic E-state index is -0.499. The Bertz CT molecular complexity index is 687. The molecule has 0 unspecified atom stereocenters. The third-order valence-corrected chi connectivity index (χ3v) is 2.58. The zero-order valence-electron chi connectivity index (χ0n) is 12.6. The number of hydrogen-bond acceptors (Lipinski definition) is 3. The van der Waals surface area contributed by atoms with Crippen molar-refractivity contribution in [3.8, 4) is 11.8 Å². The molecule has 0 bridgehead atoms. The third-order valence-electron chi connectivity index (χ3n) is 2.58. The van der Waals surface area contributed by atoms with E-state index in [0.29, 0.717) is 11.3 Å². The quantitative estimate of drug-likeness (QED) is 0.496. The second kappa shape index (κ2) is 8.28. The Hall–Kier alpha value is -3.06. The molecule has 1 rings (SSSR count). The van der Waals surface area contributed by atoms with Gasteiger partial charge in [0.25, 0.3) is 5.91 Å². The van der Waals surface area contributed by atoms with E-state index in [1.54, 1.807) is 30.4 Å². The number of aromatic hydroxyl groups is 1. The molecule has 0 aromatic heterocycles. The summed E-state index contributed by atoms with van der Waals surface area (Å²) in [6.45, 7) is 7.40. The van der Waals surface area contributed by atoms with Crippen molar-refractivity contribution in [2.24, 2.45) is 0 Å². The number of carbonyl (C=O) groups excluding carboxylic acids is 1. The number of phenols is 1. The first-order valence-corrected chi connectivity index (χ1v) is 6.68. The molecule has 0 aliphatic carbocycles. The van der Waals surface area contributed by atoms with E-state index in [2.05, 4.69) is 11.9 Å². The summed E-state index contributed by atoms with van der Waals surface area (Å²) in [6, 6.07) is 8.10. The number of phenolic OH excluding ortho intramolecular Hbond substituents is 1. The van der Waals surface area contributed by atoms with Gasteiger partial charge in [0.15, 0.2) is 0 Å². The maximum atomic E-state index is 12.2. The molecular weight excluding hydrogens is 276 g/mol.